The van der Waals surface area contributed by atoms with Gasteiger partial charge < -0.3 is 19.3 Å². The lowest BCUT2D eigenvalue weighted by atomic mass is 9.87. The highest BCUT2D eigenvalue weighted by molar-refractivity contribution is 8.15. The van der Waals surface area contributed by atoms with Crippen LogP contribution >= 0.6 is 21.5 Å². The number of aliphatic carboxylic acids is 1. The van der Waals surface area contributed by atoms with Gasteiger partial charge in [0.25, 0.3) is 0 Å². The van der Waals surface area contributed by atoms with Crippen molar-refractivity contribution in [1.82, 2.24) is 0 Å². The number of allylic oxidation sites excluding steroid dienone is 4. The molecule has 9 heteroatoms. The van der Waals surface area contributed by atoms with E-state index in [1.807, 2.05) is 13.8 Å². The minimum Gasteiger partial charge on any atom is -0.799 e. The molecule has 0 aromatic rings. The zero-order valence-electron chi connectivity index (χ0n) is 21.2. The van der Waals surface area contributed by atoms with Crippen LogP contribution in [0.25, 0.3) is 0 Å². The van der Waals surface area contributed by atoms with E-state index >= 15 is 0 Å². The molecule has 0 aliphatic carbocycles. The Bertz CT molecular complexity index is 984. The van der Waals surface area contributed by atoms with Gasteiger partial charge in [-0.05, 0) is 102 Å². The van der Waals surface area contributed by atoms with Gasteiger partial charge in [-0.1, -0.05) is 13.8 Å². The molecule has 0 saturated carbocycles. The third-order valence-electron chi connectivity index (χ3n) is 6.58. The van der Waals surface area contributed by atoms with Crippen molar-refractivity contribution >= 4 is 48.8 Å². The first-order valence-corrected chi connectivity index (χ1v) is 14.4. The van der Waals surface area contributed by atoms with Crippen molar-refractivity contribution in [3.05, 3.63) is 22.0 Å². The lowest BCUT2D eigenvalue weighted by Crippen LogP contribution is -2.24. The molecule has 2 aliphatic heterocycles. The summed E-state index contributed by atoms with van der Waals surface area (Å²) >= 11 is 0. The molecule has 35 heavy (non-hydrogen) atoms. The Labute approximate surface area is 213 Å². The summed E-state index contributed by atoms with van der Waals surface area (Å²) in [6, 6.07) is 0. The Kier molecular flexibility index (Phi) is 10.8. The third kappa shape index (κ3) is 8.89. The maximum atomic E-state index is 13.1. The molecule has 0 radical (unpaired) electrons. The second-order valence-electron chi connectivity index (χ2n) is 10.8. The van der Waals surface area contributed by atoms with E-state index in [-0.39, 0.29) is 36.4 Å². The Hall–Kier alpha value is -1.39. The molecule has 2 N–H and O–H groups in total. The number of carboxylic acid groups (broad SMARTS) is 1. The van der Waals surface area contributed by atoms with Crippen LogP contribution in [0.2, 0.25) is 0 Å². The van der Waals surface area contributed by atoms with Gasteiger partial charge in [-0.15, -0.1) is 0 Å². The van der Waals surface area contributed by atoms with Crippen LogP contribution in [0.4, 0.5) is 0 Å². The van der Waals surface area contributed by atoms with Crippen LogP contribution in [0.15, 0.2) is 22.0 Å². The lowest BCUT2D eigenvalue weighted by Gasteiger charge is -2.31. The lowest BCUT2D eigenvalue weighted by molar-refractivity contribution is -0.147. The second kappa shape index (κ2) is 12.7. The van der Waals surface area contributed by atoms with Crippen LogP contribution in [-0.2, 0) is 14.4 Å². The van der Waals surface area contributed by atoms with Crippen LogP contribution in [0, 0.1) is 10.8 Å². The fourth-order valence-corrected chi connectivity index (χ4v) is 7.07. The smallest absolute Gasteiger partial charge is 0.309 e. The molecule has 0 bridgehead atoms. The van der Waals surface area contributed by atoms with Crippen molar-refractivity contribution in [2.45, 2.75) is 91.9 Å². The first-order valence-electron chi connectivity index (χ1n) is 12.1. The van der Waals surface area contributed by atoms with Crippen molar-refractivity contribution in [2.75, 3.05) is 6.61 Å². The minimum atomic E-state index is -1.45. The summed E-state index contributed by atoms with van der Waals surface area (Å²) in [5.41, 5.74) is -1.11. The van der Waals surface area contributed by atoms with Gasteiger partial charge in [0, 0.05) is 19.4 Å². The summed E-state index contributed by atoms with van der Waals surface area (Å²) in [4.78, 5) is 38.1. The molecule has 0 saturated heterocycles. The quantitative estimate of drug-likeness (QED) is 0.319. The van der Waals surface area contributed by atoms with Crippen molar-refractivity contribution < 1.29 is 33.7 Å². The number of hydrogen-bond acceptors (Lipinski definition) is 6. The number of carbonyl (C=O) groups is 3. The van der Waals surface area contributed by atoms with Gasteiger partial charge in [-0.25, -0.2) is 21.5 Å². The first-order chi connectivity index (χ1) is 16.3. The van der Waals surface area contributed by atoms with Gasteiger partial charge in [0.1, 0.15) is 0 Å². The van der Waals surface area contributed by atoms with Crippen LogP contribution in [0.3, 0.4) is 0 Å². The monoisotopic (exact) mass is 526 g/mol. The van der Waals surface area contributed by atoms with Crippen molar-refractivity contribution in [3.8, 4) is 0 Å². The summed E-state index contributed by atoms with van der Waals surface area (Å²) in [6.45, 7) is 7.27. The van der Waals surface area contributed by atoms with E-state index in [9.17, 15) is 33.7 Å². The molecule has 7 nitrogen and oxygen atoms in total. The van der Waals surface area contributed by atoms with E-state index < -0.39 is 32.9 Å². The van der Waals surface area contributed by atoms with E-state index in [4.69, 9.17) is 0 Å². The molecule has 2 aliphatic rings. The predicted octanol–water partition coefficient (Wildman–Crippen LogP) is 5.09. The molecule has 0 spiro atoms. The van der Waals surface area contributed by atoms with Crippen LogP contribution in [-0.4, -0.2) is 53.2 Å². The van der Waals surface area contributed by atoms with Crippen molar-refractivity contribution in [2.24, 2.45) is 10.8 Å². The largest absolute Gasteiger partial charge is 0.799 e. The number of carbonyl (C=O) groups excluding carboxylic acids is 2. The number of aliphatic hydroxyl groups excluding tert-OH is 1. The van der Waals surface area contributed by atoms with Gasteiger partial charge in [0.2, 0.25) is 0 Å². The molecule has 2 unspecified atom stereocenters. The molecule has 2 heterocycles. The molecule has 0 amide bonds. The second-order valence-corrected chi connectivity index (χ2v) is 14.1. The highest BCUT2D eigenvalue weighted by Gasteiger charge is 2.27. The Morgan fingerprint density at radius 2 is 1.34 bits per heavy atom. The zero-order chi connectivity index (χ0) is 26.4. The highest BCUT2D eigenvalue weighted by atomic mass is 32.2. The van der Waals surface area contributed by atoms with E-state index in [0.717, 1.165) is 6.42 Å². The maximum absolute atomic E-state index is 13.1. The van der Waals surface area contributed by atoms with E-state index in [1.165, 1.54) is 12.2 Å². The van der Waals surface area contributed by atoms with Gasteiger partial charge in [-0.2, -0.15) is 0 Å². The number of ketones is 2. The third-order valence-corrected chi connectivity index (χ3v) is 9.92. The zero-order valence-corrected chi connectivity index (χ0v) is 22.8. The standard InChI is InChI=1S/C26H38O7S2/c1-25(2,17-27)11-5-7-20-13-18(28)15-22(34(20)32)9-10-23-16-19(29)14-21(35(23)33)8-6-12-26(3,4)24(30)31/h13,16,27H,5-12,14-15,17H2,1-4H3,(H-2,30,31,32,33)/q-2. The topological polar surface area (TPSA) is 138 Å². The molecule has 198 valence electrons. The number of carboxylic acids is 1. The highest BCUT2D eigenvalue weighted by Crippen LogP contribution is 2.38. The van der Waals surface area contributed by atoms with Gasteiger partial charge in [0.15, 0.2) is 11.6 Å². The summed E-state index contributed by atoms with van der Waals surface area (Å²) in [7, 11) is -2.85. The summed E-state index contributed by atoms with van der Waals surface area (Å²) in [5, 5.41) is 18.7. The normalized spacial score (nSPS) is 21.8. The van der Waals surface area contributed by atoms with E-state index in [1.54, 1.807) is 13.8 Å². The Morgan fingerprint density at radius 1 is 0.857 bits per heavy atom. The number of aliphatic hydroxyl groups is 1. The van der Waals surface area contributed by atoms with E-state index in [0.29, 0.717) is 64.5 Å². The molecule has 2 atom stereocenters. The van der Waals surface area contributed by atoms with Gasteiger partial charge >= 0.3 is 5.97 Å². The van der Waals surface area contributed by atoms with Crippen molar-refractivity contribution in [3.63, 3.8) is 0 Å². The van der Waals surface area contributed by atoms with E-state index in [2.05, 4.69) is 0 Å². The Morgan fingerprint density at radius 3 is 1.86 bits per heavy atom. The summed E-state index contributed by atoms with van der Waals surface area (Å²) < 4.78 is 26.1. The summed E-state index contributed by atoms with van der Waals surface area (Å²) in [6.07, 6.45) is 7.02. The first kappa shape index (κ1) is 29.8. The van der Waals surface area contributed by atoms with Crippen LogP contribution in [0.1, 0.15) is 91.9 Å². The molecular weight excluding hydrogens is 488 g/mol. The average molecular weight is 527 g/mol. The fourth-order valence-electron chi connectivity index (χ4n) is 4.07. The predicted molar refractivity (Wildman–Crippen MR) is 141 cm³/mol. The van der Waals surface area contributed by atoms with Crippen molar-refractivity contribution in [1.29, 1.82) is 0 Å². The number of hydrogen-bond donors (Lipinski definition) is 2. The van der Waals surface area contributed by atoms with Gasteiger partial charge in [0.05, 0.1) is 5.41 Å². The minimum absolute atomic E-state index is 0.0622. The average Bonchev–Trinajstić information content (AvgIpc) is 2.77. The van der Waals surface area contributed by atoms with Crippen LogP contribution in [0.5, 0.6) is 0 Å². The fraction of sp³-hybridized carbons (Fsp3) is 0.654. The Balaban J connectivity index is 2.04. The number of rotatable bonds is 13. The molecule has 2 rings (SSSR count). The molecule has 0 fully saturated rings. The summed E-state index contributed by atoms with van der Waals surface area (Å²) in [5.74, 6) is -1.12. The van der Waals surface area contributed by atoms with Gasteiger partial charge in [-0.3, -0.25) is 14.4 Å². The van der Waals surface area contributed by atoms with Crippen LogP contribution < -0.4 is 0 Å². The molecular formula is C26H38O7S2-2. The molecule has 0 aromatic heterocycles. The maximum Gasteiger partial charge on any atom is 0.309 e. The SMILES string of the molecule is CC(C)(CO)CCCC1=CC(=O)CC(CCC2=CC(=O)CC(CCCC(C)(C)C(=O)O)=S2[O-])=S1[O-]. The molecule has 0 aromatic carbocycles.